The van der Waals surface area contributed by atoms with Crippen molar-refractivity contribution in [1.82, 2.24) is 24.6 Å². The topological polar surface area (TPSA) is 71.3 Å². The Kier molecular flexibility index (Phi) is 6.31. The molecule has 1 aromatic heterocycles. The largest absolute Gasteiger partial charge is 0.338 e. The van der Waals surface area contributed by atoms with E-state index in [-0.39, 0.29) is 23.4 Å². The van der Waals surface area contributed by atoms with Crippen molar-refractivity contribution in [1.29, 1.82) is 0 Å². The normalized spacial score (nSPS) is 14.0. The Morgan fingerprint density at radius 1 is 0.968 bits per heavy atom. The Hall–Kier alpha value is -3.20. The molecule has 160 valence electrons. The van der Waals surface area contributed by atoms with Crippen LogP contribution in [0.4, 0.5) is 4.39 Å². The van der Waals surface area contributed by atoms with Gasteiger partial charge in [0.2, 0.25) is 5.91 Å². The molecule has 2 amide bonds. The Bertz CT molecular complexity index is 1060. The molecule has 0 saturated carbocycles. The second kappa shape index (κ2) is 9.30. The van der Waals surface area contributed by atoms with Crippen molar-refractivity contribution in [2.45, 2.75) is 12.1 Å². The van der Waals surface area contributed by atoms with Gasteiger partial charge >= 0.3 is 0 Å². The molecule has 4 rings (SSSR count). The van der Waals surface area contributed by atoms with E-state index in [4.69, 9.17) is 0 Å². The van der Waals surface area contributed by atoms with E-state index in [1.54, 1.807) is 16.1 Å². The fourth-order valence-corrected chi connectivity index (χ4v) is 4.19. The number of hydrogen-bond acceptors (Lipinski definition) is 5. The maximum atomic E-state index is 13.1. The van der Waals surface area contributed by atoms with Gasteiger partial charge in [0.05, 0.1) is 5.75 Å². The van der Waals surface area contributed by atoms with Crippen molar-refractivity contribution in [3.63, 3.8) is 0 Å². The number of aryl methyl sites for hydroxylation is 1. The molecular weight excluding hydrogens is 417 g/mol. The van der Waals surface area contributed by atoms with E-state index in [1.807, 2.05) is 35.8 Å². The first-order valence-corrected chi connectivity index (χ1v) is 10.9. The fourth-order valence-electron chi connectivity index (χ4n) is 3.36. The number of thioether (sulfide) groups is 1. The van der Waals surface area contributed by atoms with Gasteiger partial charge in [-0.2, -0.15) is 0 Å². The summed E-state index contributed by atoms with van der Waals surface area (Å²) in [5.74, 6) is -0.274. The minimum atomic E-state index is -0.373. The highest BCUT2D eigenvalue weighted by Gasteiger charge is 2.25. The number of carbonyl (C=O) groups is 2. The van der Waals surface area contributed by atoms with E-state index >= 15 is 0 Å². The van der Waals surface area contributed by atoms with Crippen LogP contribution in [0.2, 0.25) is 0 Å². The monoisotopic (exact) mass is 439 g/mol. The van der Waals surface area contributed by atoms with Crippen molar-refractivity contribution in [3.05, 3.63) is 71.8 Å². The van der Waals surface area contributed by atoms with Crippen molar-refractivity contribution >= 4 is 23.6 Å². The summed E-state index contributed by atoms with van der Waals surface area (Å²) in [5, 5.41) is 8.76. The Labute approximate surface area is 183 Å². The zero-order valence-corrected chi connectivity index (χ0v) is 17.9. The number of nitrogens with zero attached hydrogens (tertiary/aromatic N) is 5. The van der Waals surface area contributed by atoms with Crippen molar-refractivity contribution in [2.24, 2.45) is 0 Å². The highest BCUT2D eigenvalue weighted by atomic mass is 32.2. The summed E-state index contributed by atoms with van der Waals surface area (Å²) in [6.45, 7) is 3.86. The molecule has 1 fully saturated rings. The molecule has 1 saturated heterocycles. The van der Waals surface area contributed by atoms with Crippen molar-refractivity contribution < 1.29 is 14.0 Å². The van der Waals surface area contributed by atoms with Gasteiger partial charge in [-0.25, -0.2) is 4.39 Å². The molecule has 0 radical (unpaired) electrons. The number of halogens is 1. The average Bonchev–Trinajstić information content (AvgIpc) is 3.27. The average molecular weight is 440 g/mol. The summed E-state index contributed by atoms with van der Waals surface area (Å²) in [7, 11) is 0. The maximum absolute atomic E-state index is 13.1. The first kappa shape index (κ1) is 21.0. The zero-order valence-electron chi connectivity index (χ0n) is 17.1. The van der Waals surface area contributed by atoms with Gasteiger partial charge in [0, 0.05) is 37.4 Å². The van der Waals surface area contributed by atoms with E-state index in [9.17, 15) is 14.0 Å². The highest BCUT2D eigenvalue weighted by Crippen LogP contribution is 2.20. The van der Waals surface area contributed by atoms with E-state index in [0.29, 0.717) is 36.9 Å². The Morgan fingerprint density at radius 2 is 1.61 bits per heavy atom. The highest BCUT2D eigenvalue weighted by molar-refractivity contribution is 7.99. The molecule has 0 spiro atoms. The van der Waals surface area contributed by atoms with Crippen molar-refractivity contribution in [2.75, 3.05) is 31.9 Å². The fraction of sp³-hybridized carbons (Fsp3) is 0.273. The minimum Gasteiger partial charge on any atom is -0.338 e. The van der Waals surface area contributed by atoms with Crippen LogP contribution in [0.3, 0.4) is 0 Å². The molecule has 2 heterocycles. The lowest BCUT2D eigenvalue weighted by Crippen LogP contribution is -2.51. The van der Waals surface area contributed by atoms with E-state index < -0.39 is 0 Å². The van der Waals surface area contributed by atoms with Crippen LogP contribution in [0, 0.1) is 12.7 Å². The number of piperazine rings is 1. The molecule has 0 bridgehead atoms. The van der Waals surface area contributed by atoms with Crippen LogP contribution in [0.25, 0.3) is 5.69 Å². The van der Waals surface area contributed by atoms with E-state index in [2.05, 4.69) is 10.2 Å². The molecule has 0 unspecified atom stereocenters. The Morgan fingerprint density at radius 3 is 2.29 bits per heavy atom. The number of aromatic nitrogens is 3. The lowest BCUT2D eigenvalue weighted by molar-refractivity contribution is -0.129. The summed E-state index contributed by atoms with van der Waals surface area (Å²) >= 11 is 1.34. The second-order valence-electron chi connectivity index (χ2n) is 7.29. The van der Waals surface area contributed by atoms with Crippen molar-refractivity contribution in [3.8, 4) is 5.69 Å². The molecule has 1 aliphatic rings. The van der Waals surface area contributed by atoms with E-state index in [1.165, 1.54) is 41.6 Å². The standard InChI is InChI=1S/C22H22FN5O2S/c1-16-2-8-19(9-3-16)28-15-24-25-22(28)31-14-20(29)26-10-12-27(13-11-26)21(30)17-4-6-18(23)7-5-17/h2-9,15H,10-14H2,1H3. The molecule has 0 N–H and O–H groups in total. The van der Waals surface area contributed by atoms with Gasteiger partial charge in [-0.1, -0.05) is 29.5 Å². The van der Waals surface area contributed by atoms with Crippen LogP contribution >= 0.6 is 11.8 Å². The van der Waals surface area contributed by atoms with Gasteiger partial charge in [0.1, 0.15) is 12.1 Å². The molecule has 0 aliphatic carbocycles. The molecule has 2 aromatic carbocycles. The lowest BCUT2D eigenvalue weighted by atomic mass is 10.2. The van der Waals surface area contributed by atoms with Crippen LogP contribution < -0.4 is 0 Å². The number of benzene rings is 2. The first-order chi connectivity index (χ1) is 15.0. The van der Waals surface area contributed by atoms with Gasteiger partial charge < -0.3 is 9.80 Å². The molecule has 31 heavy (non-hydrogen) atoms. The molecule has 0 atom stereocenters. The third-order valence-electron chi connectivity index (χ3n) is 5.16. The minimum absolute atomic E-state index is 0.00247. The number of amides is 2. The molecule has 3 aromatic rings. The first-order valence-electron chi connectivity index (χ1n) is 9.94. The summed E-state index contributed by atoms with van der Waals surface area (Å²) in [6.07, 6.45) is 1.64. The molecule has 7 nitrogen and oxygen atoms in total. The SMILES string of the molecule is Cc1ccc(-n2cnnc2SCC(=O)N2CCN(C(=O)c3ccc(F)cc3)CC2)cc1. The van der Waals surface area contributed by atoms with Gasteiger partial charge in [0.25, 0.3) is 5.91 Å². The predicted octanol–water partition coefficient (Wildman–Crippen LogP) is 2.79. The summed E-state index contributed by atoms with van der Waals surface area (Å²) in [6, 6.07) is 13.5. The maximum Gasteiger partial charge on any atom is 0.253 e. The smallest absolute Gasteiger partial charge is 0.253 e. The van der Waals surface area contributed by atoms with Gasteiger partial charge in [0.15, 0.2) is 5.16 Å². The quantitative estimate of drug-likeness (QED) is 0.572. The number of rotatable bonds is 5. The third-order valence-corrected chi connectivity index (χ3v) is 6.09. The lowest BCUT2D eigenvalue weighted by Gasteiger charge is -2.34. The third kappa shape index (κ3) is 4.93. The summed E-state index contributed by atoms with van der Waals surface area (Å²) < 4.78 is 14.9. The summed E-state index contributed by atoms with van der Waals surface area (Å²) in [4.78, 5) is 28.7. The van der Waals surface area contributed by atoms with Gasteiger partial charge in [-0.05, 0) is 43.3 Å². The second-order valence-corrected chi connectivity index (χ2v) is 8.23. The van der Waals surface area contributed by atoms with Crippen LogP contribution in [0.15, 0.2) is 60.0 Å². The summed E-state index contributed by atoms with van der Waals surface area (Å²) in [5.41, 5.74) is 2.56. The number of hydrogen-bond donors (Lipinski definition) is 0. The zero-order chi connectivity index (χ0) is 21.8. The van der Waals surface area contributed by atoms with Gasteiger partial charge in [-0.15, -0.1) is 10.2 Å². The van der Waals surface area contributed by atoms with Gasteiger partial charge in [-0.3, -0.25) is 14.2 Å². The molecule has 9 heteroatoms. The predicted molar refractivity (Wildman–Crippen MR) is 116 cm³/mol. The molecule has 1 aliphatic heterocycles. The van der Waals surface area contributed by atoms with E-state index in [0.717, 1.165) is 5.69 Å². The Balaban J connectivity index is 1.30. The number of carbonyl (C=O) groups excluding carboxylic acids is 2. The van der Waals surface area contributed by atoms with Crippen LogP contribution in [-0.2, 0) is 4.79 Å². The molecular formula is C22H22FN5O2S. The van der Waals surface area contributed by atoms with Crippen LogP contribution in [0.1, 0.15) is 15.9 Å². The van der Waals surface area contributed by atoms with Crippen LogP contribution in [0.5, 0.6) is 0 Å². The van der Waals surface area contributed by atoms with Crippen LogP contribution in [-0.4, -0.2) is 68.3 Å².